The van der Waals surface area contributed by atoms with Gasteiger partial charge in [-0.1, -0.05) is 23.2 Å². The summed E-state index contributed by atoms with van der Waals surface area (Å²) >= 11 is 12.1. The molecule has 0 unspecified atom stereocenters. The number of H-pyrrole nitrogens is 1. The number of nitrogens with one attached hydrogen (secondary N) is 1. The lowest BCUT2D eigenvalue weighted by atomic mass is 10.1. The van der Waals surface area contributed by atoms with Crippen LogP contribution >= 0.6 is 23.2 Å². The molecule has 1 aromatic carbocycles. The lowest BCUT2D eigenvalue weighted by molar-refractivity contribution is 0.192. The van der Waals surface area contributed by atoms with E-state index in [-0.39, 0.29) is 0 Å². The Balaban J connectivity index is 2.26. The number of carboxylic acid groups (broad SMARTS) is 1. The van der Waals surface area contributed by atoms with Gasteiger partial charge < -0.3 is 15.8 Å². The van der Waals surface area contributed by atoms with Crippen molar-refractivity contribution in [3.05, 3.63) is 34.7 Å². The second kappa shape index (κ2) is 4.43. The van der Waals surface area contributed by atoms with Crippen LogP contribution < -0.4 is 5.73 Å². The molecule has 3 aromatic rings. The number of hydrogen-bond donors (Lipinski definition) is 3. The van der Waals surface area contributed by atoms with E-state index in [9.17, 15) is 4.79 Å². The van der Waals surface area contributed by atoms with Crippen LogP contribution in [-0.2, 0) is 0 Å². The zero-order valence-electron chi connectivity index (χ0n) is 9.89. The van der Waals surface area contributed by atoms with Gasteiger partial charge in [-0.2, -0.15) is 9.78 Å². The van der Waals surface area contributed by atoms with Crippen molar-refractivity contribution in [1.29, 1.82) is 0 Å². The Hall–Kier alpha value is -2.18. The summed E-state index contributed by atoms with van der Waals surface area (Å²) in [6.45, 7) is 0. The normalized spacial score (nSPS) is 11.1. The summed E-state index contributed by atoms with van der Waals surface area (Å²) in [6.07, 6.45) is 3.36. The first-order chi connectivity index (χ1) is 9.49. The number of fused-ring (bicyclic) bond motifs is 1. The smallest absolute Gasteiger partial charge is 0.432 e. The highest BCUT2D eigenvalue weighted by molar-refractivity contribution is 6.45. The number of nitrogens with two attached hydrogens (primary N) is 1. The van der Waals surface area contributed by atoms with Gasteiger partial charge in [0.2, 0.25) is 0 Å². The van der Waals surface area contributed by atoms with Crippen LogP contribution in [0.5, 0.6) is 0 Å². The van der Waals surface area contributed by atoms with Crippen LogP contribution in [0.3, 0.4) is 0 Å². The molecular weight excluding hydrogens is 303 g/mol. The third-order valence-electron chi connectivity index (χ3n) is 2.97. The van der Waals surface area contributed by atoms with E-state index in [0.717, 1.165) is 4.68 Å². The predicted octanol–water partition coefficient (Wildman–Crippen LogP) is 3.45. The first kappa shape index (κ1) is 12.8. The van der Waals surface area contributed by atoms with Gasteiger partial charge in [-0.05, 0) is 6.07 Å². The van der Waals surface area contributed by atoms with E-state index in [4.69, 9.17) is 34.0 Å². The zero-order valence-corrected chi connectivity index (χ0v) is 11.4. The highest BCUT2D eigenvalue weighted by Crippen LogP contribution is 2.39. The first-order valence-electron chi connectivity index (χ1n) is 5.52. The van der Waals surface area contributed by atoms with Crippen molar-refractivity contribution in [2.75, 3.05) is 5.73 Å². The van der Waals surface area contributed by atoms with Crippen molar-refractivity contribution in [2.45, 2.75) is 0 Å². The molecule has 0 fully saturated rings. The van der Waals surface area contributed by atoms with Crippen LogP contribution in [0.25, 0.3) is 22.0 Å². The molecule has 102 valence electrons. The second-order valence-electron chi connectivity index (χ2n) is 4.17. The summed E-state index contributed by atoms with van der Waals surface area (Å²) in [5, 5.41) is 14.0. The van der Waals surface area contributed by atoms with Gasteiger partial charge in [0.1, 0.15) is 0 Å². The molecule has 0 aliphatic carbocycles. The molecule has 0 saturated heterocycles. The molecule has 6 nitrogen and oxygen atoms in total. The minimum Gasteiger partial charge on any atom is -0.463 e. The van der Waals surface area contributed by atoms with Crippen molar-refractivity contribution < 1.29 is 9.90 Å². The fourth-order valence-corrected chi connectivity index (χ4v) is 2.50. The predicted molar refractivity (Wildman–Crippen MR) is 77.4 cm³/mol. The van der Waals surface area contributed by atoms with E-state index in [1.165, 1.54) is 12.4 Å². The first-order valence-corrected chi connectivity index (χ1v) is 6.27. The number of carbonyl (C=O) groups is 1. The van der Waals surface area contributed by atoms with E-state index < -0.39 is 6.09 Å². The summed E-state index contributed by atoms with van der Waals surface area (Å²) < 4.78 is 0.821. The molecule has 2 aromatic heterocycles. The Morgan fingerprint density at radius 3 is 2.85 bits per heavy atom. The highest BCUT2D eigenvalue weighted by Gasteiger charge is 2.16. The van der Waals surface area contributed by atoms with Crippen molar-refractivity contribution in [1.82, 2.24) is 14.8 Å². The maximum Gasteiger partial charge on any atom is 0.432 e. The fraction of sp³-hybridized carbons (Fsp3) is 0. The molecule has 2 heterocycles. The SMILES string of the molecule is Nc1cc(Cl)c(Cl)c2[nH]cc(-c3cnn(C(=O)O)c3)c12. The van der Waals surface area contributed by atoms with Crippen LogP contribution in [0.1, 0.15) is 0 Å². The summed E-state index contributed by atoms with van der Waals surface area (Å²) in [5.41, 5.74) is 8.35. The number of benzene rings is 1. The Morgan fingerprint density at radius 1 is 1.45 bits per heavy atom. The highest BCUT2D eigenvalue weighted by atomic mass is 35.5. The Bertz CT molecular complexity index is 837. The molecule has 0 radical (unpaired) electrons. The molecule has 8 heteroatoms. The van der Waals surface area contributed by atoms with Crippen molar-refractivity contribution in [3.63, 3.8) is 0 Å². The van der Waals surface area contributed by atoms with Crippen molar-refractivity contribution >= 4 is 45.9 Å². The van der Waals surface area contributed by atoms with E-state index in [1.54, 1.807) is 12.3 Å². The van der Waals surface area contributed by atoms with Crippen molar-refractivity contribution in [3.8, 4) is 11.1 Å². The lowest BCUT2D eigenvalue weighted by Gasteiger charge is -2.03. The fourth-order valence-electron chi connectivity index (χ4n) is 2.08. The third kappa shape index (κ3) is 1.81. The number of nitrogens with zero attached hydrogens (tertiary/aromatic N) is 2. The number of nitrogen functional groups attached to an aromatic ring is 1. The largest absolute Gasteiger partial charge is 0.463 e. The Morgan fingerprint density at radius 2 is 2.20 bits per heavy atom. The number of anilines is 1. The molecule has 4 N–H and O–H groups in total. The molecule has 0 saturated carbocycles. The molecule has 0 bridgehead atoms. The van der Waals surface area contributed by atoms with Gasteiger partial charge in [-0.15, -0.1) is 0 Å². The summed E-state index contributed by atoms with van der Waals surface area (Å²) in [5.74, 6) is 0. The van der Waals surface area contributed by atoms with Crippen LogP contribution in [0, 0.1) is 0 Å². The van der Waals surface area contributed by atoms with Crippen LogP contribution in [0.2, 0.25) is 10.0 Å². The maximum absolute atomic E-state index is 10.8. The van der Waals surface area contributed by atoms with Crippen LogP contribution in [-0.4, -0.2) is 26.0 Å². The summed E-state index contributed by atoms with van der Waals surface area (Å²) in [6, 6.07) is 1.56. The van der Waals surface area contributed by atoms with E-state index >= 15 is 0 Å². The molecule has 0 aliphatic heterocycles. The standard InChI is InChI=1S/C12H8Cl2N4O2/c13-7-1-8(15)9-6(3-16-11(9)10(7)14)5-2-17-18(4-5)12(19)20/h1-4,16H,15H2,(H,19,20). The number of aromatic nitrogens is 3. The molecule has 0 spiro atoms. The van der Waals surface area contributed by atoms with E-state index in [2.05, 4.69) is 10.1 Å². The second-order valence-corrected chi connectivity index (χ2v) is 4.96. The number of hydrogen-bond acceptors (Lipinski definition) is 3. The molecular formula is C12H8Cl2N4O2. The topological polar surface area (TPSA) is 96.9 Å². The minimum atomic E-state index is -1.16. The average Bonchev–Trinajstić information content (AvgIpc) is 3.02. The Kier molecular flexibility index (Phi) is 2.84. The summed E-state index contributed by atoms with van der Waals surface area (Å²) in [7, 11) is 0. The Labute approximate surface area is 122 Å². The van der Waals surface area contributed by atoms with Gasteiger partial charge in [0, 0.05) is 34.6 Å². The number of rotatable bonds is 1. The maximum atomic E-state index is 10.8. The number of halogens is 2. The van der Waals surface area contributed by atoms with Gasteiger partial charge >= 0.3 is 6.09 Å². The third-order valence-corrected chi connectivity index (χ3v) is 3.76. The molecule has 0 amide bonds. The lowest BCUT2D eigenvalue weighted by Crippen LogP contribution is -2.07. The quantitative estimate of drug-likeness (QED) is 0.600. The monoisotopic (exact) mass is 310 g/mol. The minimum absolute atomic E-state index is 0.353. The average molecular weight is 311 g/mol. The van der Waals surface area contributed by atoms with E-state index in [0.29, 0.717) is 37.8 Å². The molecule has 20 heavy (non-hydrogen) atoms. The van der Waals surface area contributed by atoms with Crippen LogP contribution in [0.15, 0.2) is 24.7 Å². The van der Waals surface area contributed by atoms with Gasteiger partial charge in [-0.25, -0.2) is 4.79 Å². The number of aromatic amines is 1. The van der Waals surface area contributed by atoms with Crippen LogP contribution in [0.4, 0.5) is 10.5 Å². The molecule has 0 aliphatic rings. The van der Waals surface area contributed by atoms with Gasteiger partial charge in [0.15, 0.2) is 0 Å². The van der Waals surface area contributed by atoms with E-state index in [1.807, 2.05) is 0 Å². The van der Waals surface area contributed by atoms with Gasteiger partial charge in [0.25, 0.3) is 0 Å². The molecule has 0 atom stereocenters. The molecule has 3 rings (SSSR count). The van der Waals surface area contributed by atoms with Gasteiger partial charge in [0.05, 0.1) is 21.8 Å². The zero-order chi connectivity index (χ0) is 14.4. The summed E-state index contributed by atoms with van der Waals surface area (Å²) in [4.78, 5) is 13.8. The van der Waals surface area contributed by atoms with Gasteiger partial charge in [-0.3, -0.25) is 0 Å². The van der Waals surface area contributed by atoms with Crippen molar-refractivity contribution in [2.24, 2.45) is 0 Å².